The number of benzene rings is 1. The molecule has 0 bridgehead atoms. The summed E-state index contributed by atoms with van der Waals surface area (Å²) in [5.41, 5.74) is 0. The van der Waals surface area contributed by atoms with Gasteiger partial charge < -0.3 is 13.9 Å². The zero-order valence-electron chi connectivity index (χ0n) is 13.9. The summed E-state index contributed by atoms with van der Waals surface area (Å²) in [6, 6.07) is 16.1. The standard InChI is InChI=1S/C19H25O3Si/c1-15(14-23(2)17-7-4-3-5-8-17)11-19(18-9-6-10-20-18)22-13-16-12-21-16/h3-10,15-16,19H,11-14H2,1-2H3. The molecule has 2 aromatic rings. The number of ether oxygens (including phenoxy) is 2. The maximum Gasteiger partial charge on any atom is 0.132 e. The van der Waals surface area contributed by atoms with Gasteiger partial charge in [-0.25, -0.2) is 0 Å². The monoisotopic (exact) mass is 329 g/mol. The molecule has 3 unspecified atom stereocenters. The molecule has 1 aromatic heterocycles. The lowest BCUT2D eigenvalue weighted by Gasteiger charge is -2.22. The summed E-state index contributed by atoms with van der Waals surface area (Å²) in [6.07, 6.45) is 3.05. The third kappa shape index (κ3) is 5.06. The van der Waals surface area contributed by atoms with Crippen molar-refractivity contribution in [2.45, 2.75) is 38.1 Å². The topological polar surface area (TPSA) is 34.9 Å². The molecule has 0 saturated carbocycles. The van der Waals surface area contributed by atoms with Gasteiger partial charge in [0.05, 0.1) is 28.3 Å². The van der Waals surface area contributed by atoms with Gasteiger partial charge in [0.2, 0.25) is 0 Å². The summed E-state index contributed by atoms with van der Waals surface area (Å²) >= 11 is 0. The highest BCUT2D eigenvalue weighted by molar-refractivity contribution is 6.72. The van der Waals surface area contributed by atoms with Crippen molar-refractivity contribution in [1.82, 2.24) is 0 Å². The van der Waals surface area contributed by atoms with Crippen molar-refractivity contribution in [3.05, 3.63) is 54.5 Å². The van der Waals surface area contributed by atoms with Gasteiger partial charge in [0, 0.05) is 0 Å². The molecule has 0 aliphatic carbocycles. The van der Waals surface area contributed by atoms with Crippen LogP contribution in [0.5, 0.6) is 0 Å². The Balaban J connectivity index is 1.55. The van der Waals surface area contributed by atoms with E-state index in [9.17, 15) is 0 Å². The molecule has 0 amide bonds. The van der Waals surface area contributed by atoms with Gasteiger partial charge in [0.25, 0.3) is 0 Å². The van der Waals surface area contributed by atoms with Crippen molar-refractivity contribution in [2.75, 3.05) is 13.2 Å². The fraction of sp³-hybridized carbons (Fsp3) is 0.474. The first-order chi connectivity index (χ1) is 11.2. The van der Waals surface area contributed by atoms with E-state index in [1.165, 1.54) is 11.2 Å². The van der Waals surface area contributed by atoms with Gasteiger partial charge in [0.1, 0.15) is 18.0 Å². The zero-order valence-corrected chi connectivity index (χ0v) is 14.9. The van der Waals surface area contributed by atoms with Crippen molar-refractivity contribution in [1.29, 1.82) is 0 Å². The van der Waals surface area contributed by atoms with E-state index in [0.29, 0.717) is 12.5 Å². The van der Waals surface area contributed by atoms with Crippen molar-refractivity contribution in [3.8, 4) is 0 Å². The van der Waals surface area contributed by atoms with Crippen LogP contribution in [0.4, 0.5) is 0 Å². The third-order valence-electron chi connectivity index (χ3n) is 4.28. The molecular weight excluding hydrogens is 304 g/mol. The number of hydrogen-bond donors (Lipinski definition) is 0. The van der Waals surface area contributed by atoms with Crippen LogP contribution < -0.4 is 5.19 Å². The normalized spacial score (nSPS) is 19.7. The van der Waals surface area contributed by atoms with E-state index in [1.807, 2.05) is 12.1 Å². The van der Waals surface area contributed by atoms with E-state index in [-0.39, 0.29) is 12.2 Å². The zero-order chi connectivity index (χ0) is 16.1. The predicted octanol–water partition coefficient (Wildman–Crippen LogP) is 3.79. The average molecular weight is 329 g/mol. The average Bonchev–Trinajstić information content (AvgIpc) is 3.23. The molecule has 1 aliphatic rings. The molecule has 1 radical (unpaired) electrons. The SMILES string of the molecule is CC(CC(OCC1CO1)c1ccco1)C[Si](C)c1ccccc1. The van der Waals surface area contributed by atoms with Crippen LogP contribution in [0.25, 0.3) is 0 Å². The molecule has 1 fully saturated rings. The summed E-state index contributed by atoms with van der Waals surface area (Å²) in [7, 11) is -0.509. The molecule has 2 heterocycles. The fourth-order valence-corrected chi connectivity index (χ4v) is 5.15. The van der Waals surface area contributed by atoms with Gasteiger partial charge in [-0.15, -0.1) is 0 Å². The van der Waals surface area contributed by atoms with E-state index in [2.05, 4.69) is 43.8 Å². The maximum atomic E-state index is 6.06. The Bertz CT molecular complexity index is 566. The summed E-state index contributed by atoms with van der Waals surface area (Å²) in [4.78, 5) is 0. The van der Waals surface area contributed by atoms with E-state index in [1.54, 1.807) is 6.26 Å². The van der Waals surface area contributed by atoms with Crippen LogP contribution in [0.2, 0.25) is 12.6 Å². The Labute approximate surface area is 140 Å². The summed E-state index contributed by atoms with van der Waals surface area (Å²) in [5, 5.41) is 1.51. The van der Waals surface area contributed by atoms with Crippen molar-refractivity contribution in [2.24, 2.45) is 5.92 Å². The van der Waals surface area contributed by atoms with E-state index in [4.69, 9.17) is 13.9 Å². The highest BCUT2D eigenvalue weighted by atomic mass is 28.3. The summed E-state index contributed by atoms with van der Waals surface area (Å²) in [5.74, 6) is 1.53. The molecule has 0 N–H and O–H groups in total. The Morgan fingerprint density at radius 3 is 2.65 bits per heavy atom. The highest BCUT2D eigenvalue weighted by Gasteiger charge is 2.27. The molecule has 4 heteroatoms. The first-order valence-corrected chi connectivity index (χ1v) is 10.6. The van der Waals surface area contributed by atoms with Crippen molar-refractivity contribution < 1.29 is 13.9 Å². The minimum atomic E-state index is -0.509. The van der Waals surface area contributed by atoms with E-state index < -0.39 is 8.80 Å². The second-order valence-corrected chi connectivity index (χ2v) is 9.03. The van der Waals surface area contributed by atoms with Crippen LogP contribution in [0.1, 0.15) is 25.2 Å². The van der Waals surface area contributed by atoms with E-state index >= 15 is 0 Å². The number of furan rings is 1. The molecular formula is C19H25O3Si. The third-order valence-corrected chi connectivity index (χ3v) is 6.91. The minimum absolute atomic E-state index is 0.0368. The molecule has 1 aromatic carbocycles. The van der Waals surface area contributed by atoms with Crippen LogP contribution in [-0.2, 0) is 9.47 Å². The van der Waals surface area contributed by atoms with E-state index in [0.717, 1.165) is 18.8 Å². The number of rotatable bonds is 9. The van der Waals surface area contributed by atoms with Gasteiger partial charge >= 0.3 is 0 Å². The Hall–Kier alpha value is -1.36. The molecule has 3 rings (SSSR count). The van der Waals surface area contributed by atoms with Gasteiger partial charge in [0.15, 0.2) is 0 Å². The Morgan fingerprint density at radius 2 is 2.00 bits per heavy atom. The Morgan fingerprint density at radius 1 is 1.22 bits per heavy atom. The second kappa shape index (κ2) is 7.95. The lowest BCUT2D eigenvalue weighted by atomic mass is 10.0. The lowest BCUT2D eigenvalue weighted by molar-refractivity contribution is 0.0153. The maximum absolute atomic E-state index is 6.06. The quantitative estimate of drug-likeness (QED) is 0.518. The van der Waals surface area contributed by atoms with Gasteiger partial charge in [-0.1, -0.05) is 55.0 Å². The summed E-state index contributed by atoms with van der Waals surface area (Å²) in [6.45, 7) is 6.22. The van der Waals surface area contributed by atoms with Gasteiger partial charge in [-0.3, -0.25) is 0 Å². The van der Waals surface area contributed by atoms with Gasteiger partial charge in [-0.05, 0) is 24.5 Å². The molecule has 0 spiro atoms. The van der Waals surface area contributed by atoms with Crippen molar-refractivity contribution in [3.63, 3.8) is 0 Å². The van der Waals surface area contributed by atoms with Crippen LogP contribution in [0.15, 0.2) is 53.1 Å². The Kier molecular flexibility index (Phi) is 5.70. The molecule has 3 nitrogen and oxygen atoms in total. The van der Waals surface area contributed by atoms with Crippen LogP contribution in [-0.4, -0.2) is 28.1 Å². The predicted molar refractivity (Wildman–Crippen MR) is 93.4 cm³/mol. The van der Waals surface area contributed by atoms with Crippen molar-refractivity contribution >= 4 is 14.0 Å². The molecule has 23 heavy (non-hydrogen) atoms. The smallest absolute Gasteiger partial charge is 0.132 e. The fourth-order valence-electron chi connectivity index (χ4n) is 2.94. The van der Waals surface area contributed by atoms with Crippen LogP contribution in [0, 0.1) is 5.92 Å². The largest absolute Gasteiger partial charge is 0.467 e. The van der Waals surface area contributed by atoms with Crippen LogP contribution in [0.3, 0.4) is 0 Å². The highest BCUT2D eigenvalue weighted by Crippen LogP contribution is 2.29. The first-order valence-electron chi connectivity index (χ1n) is 8.37. The number of hydrogen-bond acceptors (Lipinski definition) is 3. The van der Waals surface area contributed by atoms with Crippen LogP contribution >= 0.6 is 0 Å². The summed E-state index contributed by atoms with van der Waals surface area (Å²) < 4.78 is 16.9. The molecule has 1 aliphatic heterocycles. The minimum Gasteiger partial charge on any atom is -0.467 e. The van der Waals surface area contributed by atoms with Gasteiger partial charge in [-0.2, -0.15) is 0 Å². The molecule has 123 valence electrons. The second-order valence-electron chi connectivity index (χ2n) is 6.48. The number of epoxide rings is 1. The molecule has 3 atom stereocenters. The lowest BCUT2D eigenvalue weighted by Crippen LogP contribution is -2.28. The first kappa shape index (κ1) is 16.5. The molecule has 1 saturated heterocycles.